The number of rotatable bonds is 7. The SMILES string of the molecule is CC(=O)O[C@H]1[C@@H]2[C@]3(O)CO[C@@H]3C[C@H](O)[C@@]2(C)C(=O)[C@H](O)C2=C(C)C(OC(=O)[C@H](O)[C@@H](NC(=O)OC(C)C)C3CC3)C[C@]1(O)C2(C)C.[Ac].[Ac]. The zero-order valence-corrected chi connectivity index (χ0v) is 38.0. The number of Topliss-reactive ketones (excluding diaryl/α,β-unsaturated/α-hetero) is 1. The summed E-state index contributed by atoms with van der Waals surface area (Å²) in [6, 6.07) is -1.02. The third-order valence-corrected chi connectivity index (χ3v) is 11.3. The van der Waals surface area contributed by atoms with Crippen molar-refractivity contribution in [1.29, 1.82) is 0 Å². The molecule has 264 valence electrons. The summed E-state index contributed by atoms with van der Waals surface area (Å²) in [7, 11) is 0. The molecular weight excluding hydrogens is 1060 g/mol. The fourth-order valence-electron chi connectivity index (χ4n) is 8.45. The summed E-state index contributed by atoms with van der Waals surface area (Å²) in [5, 5.41) is 61.4. The standard InChI is InChI=1S/C32H47NO13.2Ac/c1-13(2)44-28(40)33-21(16-8-9-16)23(37)27(39)46-17-11-32(42)26(45-15(4)34)24-30(7,18(35)10-19-31(24,41)12-43-19)25(38)22(36)20(14(17)3)29(32,5)6;;/h13,16-19,21-24,26,35-37,41-42H,8-12H2,1-7H3,(H,33,40);;/t17?,18-,19+,21-,22+,23+,24-,26-,30+,31-,32+;;/m0../s1. The van der Waals surface area contributed by atoms with E-state index in [1.165, 1.54) is 13.8 Å². The van der Waals surface area contributed by atoms with Gasteiger partial charge in [0.1, 0.15) is 29.5 Å². The topological polar surface area (TPSA) is 218 Å². The molecule has 16 heteroatoms. The number of nitrogens with one attached hydrogen (secondary N) is 1. The van der Waals surface area contributed by atoms with Crippen molar-refractivity contribution < 1.29 is 152 Å². The van der Waals surface area contributed by atoms with E-state index >= 15 is 0 Å². The number of amides is 1. The van der Waals surface area contributed by atoms with Crippen LogP contribution in [0.1, 0.15) is 74.1 Å². The van der Waals surface area contributed by atoms with Crippen LogP contribution in [0.2, 0.25) is 0 Å². The van der Waals surface area contributed by atoms with E-state index in [0.29, 0.717) is 12.8 Å². The average molecular weight is 1110 g/mol. The number of alkyl carbamates (subject to hydrolysis) is 1. The molecule has 48 heavy (non-hydrogen) atoms. The largest absolute Gasteiger partial charge is 0.459 e. The molecule has 3 saturated carbocycles. The van der Waals surface area contributed by atoms with Crippen LogP contribution in [-0.4, -0.2) is 116 Å². The number of aliphatic hydroxyl groups is 5. The minimum absolute atomic E-state index is 0. The molecular formula is C32H47Ac2NO13. The summed E-state index contributed by atoms with van der Waals surface area (Å²) in [6.07, 6.45) is -9.60. The Kier molecular flexibility index (Phi) is 13.3. The minimum atomic E-state index is -2.20. The number of hydrogen-bond acceptors (Lipinski definition) is 13. The first-order valence-corrected chi connectivity index (χ1v) is 15.9. The summed E-state index contributed by atoms with van der Waals surface area (Å²) in [5.41, 5.74) is -7.19. The fraction of sp³-hybridized carbons (Fsp3) is 0.812. The van der Waals surface area contributed by atoms with Crippen molar-refractivity contribution in [1.82, 2.24) is 5.32 Å². The second kappa shape index (κ2) is 14.9. The number of carbonyl (C=O) groups excluding carboxylic acids is 4. The maximum atomic E-state index is 14.3. The molecule has 11 atom stereocenters. The molecule has 0 spiro atoms. The van der Waals surface area contributed by atoms with E-state index in [1.54, 1.807) is 27.7 Å². The smallest absolute Gasteiger partial charge is 0.407 e. The second-order valence-corrected chi connectivity index (χ2v) is 14.8. The maximum Gasteiger partial charge on any atom is 0.407 e. The van der Waals surface area contributed by atoms with Gasteiger partial charge in [0.05, 0.1) is 36.4 Å². The van der Waals surface area contributed by atoms with E-state index in [2.05, 4.69) is 5.32 Å². The Bertz CT molecular complexity index is 1340. The van der Waals surface area contributed by atoms with Crippen LogP contribution in [0, 0.1) is 111 Å². The zero-order valence-electron chi connectivity index (χ0n) is 28.5. The van der Waals surface area contributed by atoms with Gasteiger partial charge in [-0.25, -0.2) is 9.59 Å². The third kappa shape index (κ3) is 6.89. The Balaban J connectivity index is 0.00000312. The van der Waals surface area contributed by atoms with Crippen LogP contribution in [0.25, 0.3) is 0 Å². The molecule has 1 heterocycles. The van der Waals surface area contributed by atoms with Gasteiger partial charge in [0.2, 0.25) is 0 Å². The molecule has 0 aromatic rings. The van der Waals surface area contributed by atoms with Crippen molar-refractivity contribution >= 4 is 23.8 Å². The van der Waals surface area contributed by atoms with Crippen molar-refractivity contribution in [3.05, 3.63) is 11.1 Å². The number of ketones is 1. The molecule has 14 nitrogen and oxygen atoms in total. The molecule has 0 aromatic carbocycles. The van der Waals surface area contributed by atoms with Crippen LogP contribution >= 0.6 is 0 Å². The first-order valence-electron chi connectivity index (χ1n) is 15.9. The molecule has 1 saturated heterocycles. The number of esters is 2. The van der Waals surface area contributed by atoms with Crippen LogP contribution in [0.15, 0.2) is 11.1 Å². The van der Waals surface area contributed by atoms with E-state index in [-0.39, 0.29) is 118 Å². The first kappa shape index (κ1) is 42.7. The Labute approximate surface area is 351 Å². The van der Waals surface area contributed by atoms with E-state index < -0.39 is 107 Å². The molecule has 1 unspecified atom stereocenters. The molecule has 1 aliphatic heterocycles. The van der Waals surface area contributed by atoms with Crippen LogP contribution in [-0.2, 0) is 33.3 Å². The van der Waals surface area contributed by atoms with Gasteiger partial charge in [-0.15, -0.1) is 0 Å². The van der Waals surface area contributed by atoms with Crippen molar-refractivity contribution in [2.75, 3.05) is 6.61 Å². The Hall–Kier alpha value is 0.263. The van der Waals surface area contributed by atoms with Gasteiger partial charge in [0.15, 0.2) is 11.9 Å². The van der Waals surface area contributed by atoms with Crippen LogP contribution < -0.4 is 5.32 Å². The van der Waals surface area contributed by atoms with E-state index in [9.17, 15) is 44.7 Å². The Morgan fingerprint density at radius 2 is 1.65 bits per heavy atom. The molecule has 1 amide bonds. The minimum Gasteiger partial charge on any atom is -0.459 e. The van der Waals surface area contributed by atoms with Crippen molar-refractivity contribution in [2.24, 2.45) is 22.7 Å². The molecule has 2 bridgehead atoms. The molecule has 4 aliphatic carbocycles. The predicted molar refractivity (Wildman–Crippen MR) is 157 cm³/mol. The van der Waals surface area contributed by atoms with Gasteiger partial charge in [-0.3, -0.25) is 9.59 Å². The summed E-state index contributed by atoms with van der Waals surface area (Å²) in [6.45, 7) is 10.2. The quantitative estimate of drug-likeness (QED) is 0.113. The summed E-state index contributed by atoms with van der Waals surface area (Å²) < 4.78 is 22.2. The molecule has 2 radical (unpaired) electrons. The fourth-order valence-corrected chi connectivity index (χ4v) is 8.45. The molecule has 5 rings (SSSR count). The monoisotopic (exact) mass is 1110 g/mol. The summed E-state index contributed by atoms with van der Waals surface area (Å²) in [4.78, 5) is 52.8. The normalized spacial score (nSPS) is 39.4. The van der Waals surface area contributed by atoms with Crippen LogP contribution in [0.5, 0.6) is 0 Å². The van der Waals surface area contributed by atoms with E-state index in [0.717, 1.165) is 6.92 Å². The second-order valence-electron chi connectivity index (χ2n) is 14.8. The van der Waals surface area contributed by atoms with Gasteiger partial charge in [-0.05, 0) is 57.6 Å². The van der Waals surface area contributed by atoms with Gasteiger partial charge in [-0.2, -0.15) is 0 Å². The van der Waals surface area contributed by atoms with Gasteiger partial charge in [-0.1, -0.05) is 13.8 Å². The Morgan fingerprint density at radius 3 is 2.15 bits per heavy atom. The van der Waals surface area contributed by atoms with E-state index in [1.807, 2.05) is 0 Å². The van der Waals surface area contributed by atoms with Gasteiger partial charge < -0.3 is 49.8 Å². The number of hydrogen-bond donors (Lipinski definition) is 6. The third-order valence-electron chi connectivity index (χ3n) is 11.3. The first-order chi connectivity index (χ1) is 21.2. The molecule has 0 aromatic heterocycles. The van der Waals surface area contributed by atoms with Gasteiger partial charge in [0, 0.05) is 119 Å². The average Bonchev–Trinajstić information content (AvgIpc) is 3.79. The number of ether oxygens (including phenoxy) is 4. The van der Waals surface area contributed by atoms with Crippen molar-refractivity contribution in [3.8, 4) is 0 Å². The van der Waals surface area contributed by atoms with Crippen molar-refractivity contribution in [3.63, 3.8) is 0 Å². The van der Waals surface area contributed by atoms with Gasteiger partial charge in [0.25, 0.3) is 0 Å². The van der Waals surface area contributed by atoms with Gasteiger partial charge >= 0.3 is 18.0 Å². The Morgan fingerprint density at radius 1 is 1.04 bits per heavy atom. The molecule has 4 fully saturated rings. The molecule has 5 aliphatic rings. The number of aliphatic hydroxyl groups excluding tert-OH is 3. The molecule has 6 N–H and O–H groups in total. The number of carbonyl (C=O) groups is 4. The predicted octanol–water partition coefficient (Wildman–Crippen LogP) is 0.0421. The summed E-state index contributed by atoms with van der Waals surface area (Å²) in [5.74, 6) is -4.47. The van der Waals surface area contributed by atoms with Crippen LogP contribution in [0.4, 0.5) is 4.79 Å². The summed E-state index contributed by atoms with van der Waals surface area (Å²) >= 11 is 0. The van der Waals surface area contributed by atoms with E-state index in [4.69, 9.17) is 18.9 Å². The van der Waals surface area contributed by atoms with Crippen molar-refractivity contribution in [2.45, 2.75) is 134 Å². The number of fused-ring (bicyclic) bond motifs is 5. The van der Waals surface area contributed by atoms with Crippen LogP contribution in [0.3, 0.4) is 0 Å². The zero-order chi connectivity index (χ0) is 34.3. The maximum absolute atomic E-state index is 14.3.